The van der Waals surface area contributed by atoms with Gasteiger partial charge in [0.05, 0.1) is 6.04 Å². The van der Waals surface area contributed by atoms with Crippen LogP contribution in [-0.2, 0) is 4.74 Å². The number of rotatable bonds is 6. The van der Waals surface area contributed by atoms with Gasteiger partial charge in [-0.15, -0.1) is 24.0 Å². The number of hydrogen-bond donors (Lipinski definition) is 2. The van der Waals surface area contributed by atoms with Crippen molar-refractivity contribution in [2.24, 2.45) is 10.9 Å². The monoisotopic (exact) mass is 531 g/mol. The maximum atomic E-state index is 12.1. The van der Waals surface area contributed by atoms with Gasteiger partial charge in [0.2, 0.25) is 0 Å². The van der Waals surface area contributed by atoms with Crippen LogP contribution in [0.3, 0.4) is 0 Å². The molecule has 8 heteroatoms. The lowest BCUT2D eigenvalue weighted by Gasteiger charge is -2.25. The minimum atomic E-state index is -0.489. The molecule has 30 heavy (non-hydrogen) atoms. The summed E-state index contributed by atoms with van der Waals surface area (Å²) in [6.45, 7) is 15.2. The Morgan fingerprint density at radius 1 is 1.40 bits per heavy atom. The van der Waals surface area contributed by atoms with Crippen molar-refractivity contribution >= 4 is 36.0 Å². The Morgan fingerprint density at radius 3 is 2.70 bits per heavy atom. The van der Waals surface area contributed by atoms with Gasteiger partial charge in [-0.3, -0.25) is 9.98 Å². The van der Waals surface area contributed by atoms with E-state index in [4.69, 9.17) is 9.73 Å². The largest absolute Gasteiger partial charge is 0.444 e. The van der Waals surface area contributed by atoms with E-state index in [9.17, 15) is 4.79 Å². The van der Waals surface area contributed by atoms with Crippen LogP contribution in [-0.4, -0.2) is 59.8 Å². The molecular formula is C22H38IN5O2. The number of nitrogens with one attached hydrogen (secondary N) is 2. The second-order valence-electron chi connectivity index (χ2n) is 8.91. The van der Waals surface area contributed by atoms with E-state index >= 15 is 0 Å². The Bertz CT molecular complexity index is 676. The third kappa shape index (κ3) is 8.65. The van der Waals surface area contributed by atoms with Crippen molar-refractivity contribution < 1.29 is 9.53 Å². The van der Waals surface area contributed by atoms with Crippen molar-refractivity contribution in [3.8, 4) is 0 Å². The fraction of sp³-hybridized carbons (Fsp3) is 0.682. The average Bonchev–Trinajstić information content (AvgIpc) is 3.08. The van der Waals surface area contributed by atoms with Gasteiger partial charge < -0.3 is 20.3 Å². The minimum absolute atomic E-state index is 0. The van der Waals surface area contributed by atoms with Crippen molar-refractivity contribution in [2.75, 3.05) is 26.2 Å². The van der Waals surface area contributed by atoms with Gasteiger partial charge >= 0.3 is 6.09 Å². The molecule has 1 aliphatic rings. The summed E-state index contributed by atoms with van der Waals surface area (Å²) in [6.07, 6.45) is 4.25. The second-order valence-corrected chi connectivity index (χ2v) is 8.91. The molecule has 1 aromatic rings. The fourth-order valence-corrected chi connectivity index (χ4v) is 3.45. The average molecular weight is 531 g/mol. The van der Waals surface area contributed by atoms with Crippen LogP contribution in [0.1, 0.15) is 59.4 Å². The Kier molecular flexibility index (Phi) is 10.9. The Morgan fingerprint density at radius 2 is 2.13 bits per heavy atom. The zero-order valence-corrected chi connectivity index (χ0v) is 21.5. The number of guanidine groups is 1. The van der Waals surface area contributed by atoms with E-state index in [-0.39, 0.29) is 36.1 Å². The van der Waals surface area contributed by atoms with Gasteiger partial charge in [-0.05, 0) is 51.7 Å². The van der Waals surface area contributed by atoms with Gasteiger partial charge in [0, 0.05) is 44.5 Å². The summed E-state index contributed by atoms with van der Waals surface area (Å²) in [5.74, 6) is 1.68. The molecule has 1 fully saturated rings. The molecule has 0 aliphatic carbocycles. The minimum Gasteiger partial charge on any atom is -0.444 e. The number of aromatic nitrogens is 1. The van der Waals surface area contributed by atoms with Gasteiger partial charge in [-0.25, -0.2) is 4.79 Å². The first-order chi connectivity index (χ1) is 13.7. The zero-order chi connectivity index (χ0) is 21.4. The van der Waals surface area contributed by atoms with Crippen LogP contribution in [0.4, 0.5) is 4.79 Å². The van der Waals surface area contributed by atoms with E-state index in [1.54, 1.807) is 6.20 Å². The predicted octanol–water partition coefficient (Wildman–Crippen LogP) is 4.00. The number of alkyl carbamates (subject to hydrolysis) is 1. The summed E-state index contributed by atoms with van der Waals surface area (Å²) in [5.41, 5.74) is 0.727. The number of likely N-dealkylation sites (tertiary alicyclic amines) is 1. The molecule has 2 heterocycles. The molecule has 1 aliphatic heterocycles. The van der Waals surface area contributed by atoms with Crippen molar-refractivity contribution in [2.45, 2.75) is 65.5 Å². The maximum Gasteiger partial charge on any atom is 0.407 e. The fourth-order valence-electron chi connectivity index (χ4n) is 3.45. The predicted molar refractivity (Wildman–Crippen MR) is 133 cm³/mol. The molecule has 2 atom stereocenters. The summed E-state index contributed by atoms with van der Waals surface area (Å²) in [5, 5.41) is 6.38. The highest BCUT2D eigenvalue weighted by Crippen LogP contribution is 2.24. The van der Waals surface area contributed by atoms with E-state index in [1.807, 2.05) is 33.0 Å². The van der Waals surface area contributed by atoms with Crippen LogP contribution < -0.4 is 10.6 Å². The smallest absolute Gasteiger partial charge is 0.407 e. The molecular weight excluding hydrogens is 493 g/mol. The van der Waals surface area contributed by atoms with Gasteiger partial charge in [0.15, 0.2) is 5.96 Å². The highest BCUT2D eigenvalue weighted by Gasteiger charge is 2.28. The molecule has 0 saturated carbocycles. The van der Waals surface area contributed by atoms with Crippen molar-refractivity contribution in [3.05, 3.63) is 30.1 Å². The molecule has 1 unspecified atom stereocenters. The van der Waals surface area contributed by atoms with E-state index in [1.165, 1.54) is 5.56 Å². The van der Waals surface area contributed by atoms with Gasteiger partial charge in [0.25, 0.3) is 0 Å². The number of amides is 1. The number of carbonyl (C=O) groups excluding carboxylic acids is 1. The maximum absolute atomic E-state index is 12.1. The summed E-state index contributed by atoms with van der Waals surface area (Å²) < 4.78 is 5.38. The molecule has 1 amide bonds. The van der Waals surface area contributed by atoms with Crippen LogP contribution in [0.2, 0.25) is 0 Å². The summed E-state index contributed by atoms with van der Waals surface area (Å²) >= 11 is 0. The number of halogens is 1. The highest BCUT2D eigenvalue weighted by atomic mass is 127. The summed E-state index contributed by atoms with van der Waals surface area (Å²) in [4.78, 5) is 23.5. The third-order valence-electron chi connectivity index (χ3n) is 4.90. The first-order valence-electron chi connectivity index (χ1n) is 10.6. The van der Waals surface area contributed by atoms with Crippen molar-refractivity contribution in [1.82, 2.24) is 20.5 Å². The molecule has 0 radical (unpaired) electrons. The zero-order valence-electron chi connectivity index (χ0n) is 19.1. The summed E-state index contributed by atoms with van der Waals surface area (Å²) in [6, 6.07) is 4.16. The lowest BCUT2D eigenvalue weighted by molar-refractivity contribution is 0.0507. The van der Waals surface area contributed by atoms with E-state index in [2.05, 4.69) is 47.4 Å². The third-order valence-corrected chi connectivity index (χ3v) is 4.90. The first kappa shape index (κ1) is 26.5. The Labute approximate surface area is 198 Å². The molecule has 1 aromatic heterocycles. The van der Waals surface area contributed by atoms with E-state index < -0.39 is 5.60 Å². The Balaban J connectivity index is 0.00000450. The normalized spacial score (nSPS) is 18.0. The van der Waals surface area contributed by atoms with Crippen molar-refractivity contribution in [1.29, 1.82) is 0 Å². The molecule has 1 saturated heterocycles. The van der Waals surface area contributed by atoms with Gasteiger partial charge in [0.1, 0.15) is 5.60 Å². The van der Waals surface area contributed by atoms with Crippen LogP contribution in [0.25, 0.3) is 0 Å². The standard InChI is InChI=1S/C22H37N5O2.HI/c1-7-24-20(25-14-19(16(2)3)17-9-8-11-23-13-17)27-12-10-18(15-27)26-21(28)29-22(4,5)6;/h8-9,11,13,16,18-19H,7,10,12,14-15H2,1-6H3,(H,24,25)(H,26,28);1H/t18-,19?;/m1./s1. The molecule has 0 spiro atoms. The first-order valence-corrected chi connectivity index (χ1v) is 10.6. The lowest BCUT2D eigenvalue weighted by atomic mass is 9.89. The molecule has 7 nitrogen and oxygen atoms in total. The molecule has 0 bridgehead atoms. The number of hydrogen-bond acceptors (Lipinski definition) is 4. The number of carbonyl (C=O) groups is 1. The number of ether oxygens (including phenoxy) is 1. The molecule has 170 valence electrons. The SMILES string of the molecule is CCNC(=NCC(c1cccnc1)C(C)C)N1CC[C@@H](NC(=O)OC(C)(C)C)C1.I. The van der Waals surface area contributed by atoms with Crippen molar-refractivity contribution in [3.63, 3.8) is 0 Å². The molecule has 2 N–H and O–H groups in total. The summed E-state index contributed by atoms with van der Waals surface area (Å²) in [7, 11) is 0. The Hall–Kier alpha value is -1.58. The quantitative estimate of drug-likeness (QED) is 0.330. The lowest BCUT2D eigenvalue weighted by Crippen LogP contribution is -2.44. The van der Waals surface area contributed by atoms with Crippen LogP contribution >= 0.6 is 24.0 Å². The topological polar surface area (TPSA) is 78.9 Å². The van der Waals surface area contributed by atoms with E-state index in [0.29, 0.717) is 18.4 Å². The molecule has 0 aromatic carbocycles. The van der Waals surface area contributed by atoms with Gasteiger partial charge in [-0.2, -0.15) is 0 Å². The van der Waals surface area contributed by atoms with Crippen LogP contribution in [0.5, 0.6) is 0 Å². The number of pyridine rings is 1. The number of nitrogens with zero attached hydrogens (tertiary/aromatic N) is 3. The number of aliphatic imine (C=N–C) groups is 1. The van der Waals surface area contributed by atoms with E-state index in [0.717, 1.165) is 32.0 Å². The van der Waals surface area contributed by atoms with Gasteiger partial charge in [-0.1, -0.05) is 19.9 Å². The second kappa shape index (κ2) is 12.3. The highest BCUT2D eigenvalue weighted by molar-refractivity contribution is 14.0. The van der Waals surface area contributed by atoms with Crippen LogP contribution in [0, 0.1) is 5.92 Å². The molecule has 2 rings (SSSR count). The van der Waals surface area contributed by atoms with Crippen LogP contribution in [0.15, 0.2) is 29.5 Å².